The van der Waals surface area contributed by atoms with E-state index in [0.717, 1.165) is 23.6 Å². The Hall–Kier alpha value is -2.83. The molecule has 2 amide bonds. The van der Waals surface area contributed by atoms with E-state index in [1.165, 1.54) is 7.11 Å². The van der Waals surface area contributed by atoms with Gasteiger partial charge in [0.1, 0.15) is 11.5 Å². The first-order valence-electron chi connectivity index (χ1n) is 7.76. The van der Waals surface area contributed by atoms with Gasteiger partial charge in [-0.25, -0.2) is 0 Å². The Labute approximate surface area is 139 Å². The second-order valence-electron chi connectivity index (χ2n) is 5.72. The quantitative estimate of drug-likeness (QED) is 0.833. The van der Waals surface area contributed by atoms with Gasteiger partial charge in [-0.3, -0.25) is 14.6 Å². The molecule has 0 bridgehead atoms. The molecule has 1 aromatic heterocycles. The fourth-order valence-corrected chi connectivity index (χ4v) is 2.85. The molecule has 3 N–H and O–H groups in total. The Kier molecular flexibility index (Phi) is 4.50. The average molecular weight is 329 g/mol. The summed E-state index contributed by atoms with van der Waals surface area (Å²) in [5.41, 5.74) is 5.68. The Bertz CT molecular complexity index is 791. The van der Waals surface area contributed by atoms with Crippen molar-refractivity contribution in [3.05, 3.63) is 30.1 Å². The minimum Gasteiger partial charge on any atom is -0.496 e. The van der Waals surface area contributed by atoms with Crippen LogP contribution in [0.3, 0.4) is 0 Å². The maximum atomic E-state index is 11.5. The third-order valence-electron chi connectivity index (χ3n) is 4.12. The number of carbonyl (C=O) groups excluding carboxylic acids is 2. The Morgan fingerprint density at radius 2 is 2.21 bits per heavy atom. The molecule has 0 saturated carbocycles. The molecule has 2 heterocycles. The van der Waals surface area contributed by atoms with E-state index in [0.29, 0.717) is 30.1 Å². The topological polar surface area (TPSA) is 104 Å². The van der Waals surface area contributed by atoms with E-state index in [1.54, 1.807) is 24.5 Å². The first kappa shape index (κ1) is 16.0. The van der Waals surface area contributed by atoms with Crippen LogP contribution in [0.25, 0.3) is 10.8 Å². The van der Waals surface area contributed by atoms with E-state index in [2.05, 4.69) is 10.3 Å². The zero-order valence-electron chi connectivity index (χ0n) is 13.4. The number of aromatic nitrogens is 1. The molecule has 24 heavy (non-hydrogen) atoms. The van der Waals surface area contributed by atoms with Gasteiger partial charge in [0.25, 0.3) is 5.91 Å². The minimum absolute atomic E-state index is 0.0931. The molecular formula is C17H19N3O4. The van der Waals surface area contributed by atoms with Crippen molar-refractivity contribution in [3.63, 3.8) is 0 Å². The molecule has 1 atom stereocenters. The summed E-state index contributed by atoms with van der Waals surface area (Å²) in [6, 6.07) is 3.54. The first-order valence-corrected chi connectivity index (χ1v) is 7.76. The van der Waals surface area contributed by atoms with Gasteiger partial charge in [0.2, 0.25) is 5.91 Å². The number of rotatable bonds is 6. The standard InChI is InChI=1S/C17H19N3O4/c1-23-14-7-12-10(6-13(14)17(18)22)8-19-9-15(12)24-5-4-11-2-3-16(21)20-11/h6-9,11H,2-5H2,1H3,(H2,18,22)(H,20,21)/t11-/m0/s1. The number of fused-ring (bicyclic) bond motifs is 1. The lowest BCUT2D eigenvalue weighted by Gasteiger charge is -2.14. The highest BCUT2D eigenvalue weighted by atomic mass is 16.5. The van der Waals surface area contributed by atoms with Crippen molar-refractivity contribution in [2.45, 2.75) is 25.3 Å². The van der Waals surface area contributed by atoms with Crippen molar-refractivity contribution in [2.24, 2.45) is 5.73 Å². The molecule has 7 heteroatoms. The lowest BCUT2D eigenvalue weighted by Crippen LogP contribution is -2.26. The Morgan fingerprint density at radius 1 is 1.38 bits per heavy atom. The van der Waals surface area contributed by atoms with Crippen LogP contribution in [0.2, 0.25) is 0 Å². The zero-order chi connectivity index (χ0) is 17.1. The van der Waals surface area contributed by atoms with Crippen molar-refractivity contribution in [2.75, 3.05) is 13.7 Å². The monoisotopic (exact) mass is 329 g/mol. The fraction of sp³-hybridized carbons (Fsp3) is 0.353. The predicted molar refractivity (Wildman–Crippen MR) is 88.1 cm³/mol. The number of nitrogens with two attached hydrogens (primary N) is 1. The number of hydrogen-bond acceptors (Lipinski definition) is 5. The van der Waals surface area contributed by atoms with Crippen LogP contribution in [-0.2, 0) is 4.79 Å². The van der Waals surface area contributed by atoms with Crippen molar-refractivity contribution in [1.29, 1.82) is 0 Å². The van der Waals surface area contributed by atoms with Crippen LogP contribution in [0.1, 0.15) is 29.6 Å². The van der Waals surface area contributed by atoms with Crippen LogP contribution >= 0.6 is 0 Å². The average Bonchev–Trinajstić information content (AvgIpc) is 2.99. The summed E-state index contributed by atoms with van der Waals surface area (Å²) in [5.74, 6) is 0.535. The van der Waals surface area contributed by atoms with Crippen molar-refractivity contribution >= 4 is 22.6 Å². The van der Waals surface area contributed by atoms with Crippen LogP contribution in [0.4, 0.5) is 0 Å². The Morgan fingerprint density at radius 3 is 2.88 bits per heavy atom. The van der Waals surface area contributed by atoms with Crippen LogP contribution in [-0.4, -0.2) is 36.6 Å². The van der Waals surface area contributed by atoms with Crippen molar-refractivity contribution in [3.8, 4) is 11.5 Å². The number of hydrogen-bond donors (Lipinski definition) is 2. The Balaban J connectivity index is 1.80. The smallest absolute Gasteiger partial charge is 0.252 e. The van der Waals surface area contributed by atoms with E-state index < -0.39 is 5.91 Å². The molecule has 1 aliphatic rings. The number of amides is 2. The largest absolute Gasteiger partial charge is 0.496 e. The molecule has 1 aromatic carbocycles. The lowest BCUT2D eigenvalue weighted by atomic mass is 10.1. The molecule has 0 spiro atoms. The molecule has 126 valence electrons. The lowest BCUT2D eigenvalue weighted by molar-refractivity contribution is -0.119. The van der Waals surface area contributed by atoms with Gasteiger partial charge in [0.05, 0.1) is 25.5 Å². The zero-order valence-corrected chi connectivity index (χ0v) is 13.4. The van der Waals surface area contributed by atoms with Gasteiger partial charge in [-0.2, -0.15) is 0 Å². The van der Waals surface area contributed by atoms with E-state index in [1.807, 2.05) is 0 Å². The highest BCUT2D eigenvalue weighted by Gasteiger charge is 2.20. The second kappa shape index (κ2) is 6.74. The molecule has 2 aromatic rings. The number of methoxy groups -OCH3 is 1. The van der Waals surface area contributed by atoms with Gasteiger partial charge in [0, 0.05) is 35.9 Å². The highest BCUT2D eigenvalue weighted by molar-refractivity contribution is 6.01. The molecule has 3 rings (SSSR count). The van der Waals surface area contributed by atoms with Crippen LogP contribution in [0, 0.1) is 0 Å². The van der Waals surface area contributed by atoms with Gasteiger partial charge in [-0.05, 0) is 18.6 Å². The van der Waals surface area contributed by atoms with Crippen LogP contribution < -0.4 is 20.5 Å². The summed E-state index contributed by atoms with van der Waals surface area (Å²) in [4.78, 5) is 26.9. The number of primary amides is 1. The van der Waals surface area contributed by atoms with Gasteiger partial charge in [0.15, 0.2) is 0 Å². The SMILES string of the molecule is COc1cc2c(OCC[C@@H]3CCC(=O)N3)cncc2cc1C(N)=O. The van der Waals surface area contributed by atoms with Crippen LogP contribution in [0.5, 0.6) is 11.5 Å². The highest BCUT2D eigenvalue weighted by Crippen LogP contribution is 2.31. The van der Waals surface area contributed by atoms with E-state index in [9.17, 15) is 9.59 Å². The van der Waals surface area contributed by atoms with Crippen molar-refractivity contribution in [1.82, 2.24) is 10.3 Å². The fourth-order valence-electron chi connectivity index (χ4n) is 2.85. The molecule has 0 unspecified atom stereocenters. The molecule has 1 aliphatic heterocycles. The number of nitrogens with one attached hydrogen (secondary N) is 1. The molecule has 1 fully saturated rings. The second-order valence-corrected chi connectivity index (χ2v) is 5.72. The van der Waals surface area contributed by atoms with Gasteiger partial charge < -0.3 is 20.5 Å². The number of ether oxygens (including phenoxy) is 2. The van der Waals surface area contributed by atoms with E-state index in [-0.39, 0.29) is 11.9 Å². The normalized spacial score (nSPS) is 16.9. The molecule has 7 nitrogen and oxygen atoms in total. The molecular weight excluding hydrogens is 310 g/mol. The number of carbonyl (C=O) groups is 2. The predicted octanol–water partition coefficient (Wildman–Crippen LogP) is 1.39. The summed E-state index contributed by atoms with van der Waals surface area (Å²) in [5, 5.41) is 4.45. The maximum Gasteiger partial charge on any atom is 0.252 e. The summed E-state index contributed by atoms with van der Waals surface area (Å²) in [6.07, 6.45) is 5.42. The summed E-state index contributed by atoms with van der Waals surface area (Å²) in [7, 11) is 1.48. The third-order valence-corrected chi connectivity index (χ3v) is 4.12. The minimum atomic E-state index is -0.558. The van der Waals surface area contributed by atoms with Crippen LogP contribution in [0.15, 0.2) is 24.5 Å². The third kappa shape index (κ3) is 3.24. The van der Waals surface area contributed by atoms with Gasteiger partial charge >= 0.3 is 0 Å². The van der Waals surface area contributed by atoms with Gasteiger partial charge in [-0.1, -0.05) is 0 Å². The summed E-state index contributed by atoms with van der Waals surface area (Å²) >= 11 is 0. The van der Waals surface area contributed by atoms with E-state index in [4.69, 9.17) is 15.2 Å². The van der Waals surface area contributed by atoms with Gasteiger partial charge in [-0.15, -0.1) is 0 Å². The molecule has 0 aliphatic carbocycles. The summed E-state index contributed by atoms with van der Waals surface area (Å²) < 4.78 is 11.1. The van der Waals surface area contributed by atoms with E-state index >= 15 is 0 Å². The number of nitrogens with zero attached hydrogens (tertiary/aromatic N) is 1. The molecule has 1 saturated heterocycles. The summed E-state index contributed by atoms with van der Waals surface area (Å²) in [6.45, 7) is 0.464. The first-order chi connectivity index (χ1) is 11.6. The maximum absolute atomic E-state index is 11.5. The number of pyridine rings is 1. The molecule has 0 radical (unpaired) electrons. The van der Waals surface area contributed by atoms with Crippen molar-refractivity contribution < 1.29 is 19.1 Å². The number of benzene rings is 1.